The molecule has 0 saturated heterocycles. The number of carboxylic acid groups (broad SMARTS) is 1. The van der Waals surface area contributed by atoms with Gasteiger partial charge < -0.3 is 5.11 Å². The molecule has 3 rings (SSSR count). The Labute approximate surface area is 87.7 Å². The normalized spacial score (nSPS) is 31.5. The Morgan fingerprint density at radius 2 is 2.33 bits per heavy atom. The summed E-state index contributed by atoms with van der Waals surface area (Å²) in [6, 6.07) is 0. The zero-order valence-corrected chi connectivity index (χ0v) is 8.82. The molecule has 0 radical (unpaired) electrons. The van der Waals surface area contributed by atoms with Crippen LogP contribution in [0.1, 0.15) is 41.5 Å². The first kappa shape index (κ1) is 8.95. The SMILES string of the molecule is CC(C)[C@@H]1[C@@H]2Cc3c(C(=O)O)n[nH]c3[C@@H]21. The Hall–Kier alpha value is -1.32. The molecular formula is C11H14N2O2. The van der Waals surface area contributed by atoms with Gasteiger partial charge in [0.05, 0.1) is 0 Å². The van der Waals surface area contributed by atoms with Gasteiger partial charge >= 0.3 is 5.97 Å². The standard InChI is InChI=1S/C11H14N2O2/c1-4(2)7-5-3-6-9(8(5)7)12-13-10(6)11(14)15/h4-5,7-8H,3H2,1-2H3,(H,12,13)(H,14,15)/t5-,7+,8-/m0/s1. The number of aromatic nitrogens is 2. The molecule has 1 heterocycles. The van der Waals surface area contributed by atoms with Crippen LogP contribution in [-0.4, -0.2) is 21.3 Å². The number of hydrogen-bond acceptors (Lipinski definition) is 2. The molecule has 0 bridgehead atoms. The summed E-state index contributed by atoms with van der Waals surface area (Å²) >= 11 is 0. The van der Waals surface area contributed by atoms with Crippen LogP contribution in [0, 0.1) is 17.8 Å². The third kappa shape index (κ3) is 1.02. The number of carbonyl (C=O) groups is 1. The molecule has 0 unspecified atom stereocenters. The Morgan fingerprint density at radius 3 is 2.93 bits per heavy atom. The number of aromatic amines is 1. The number of nitrogens with one attached hydrogen (secondary N) is 1. The first-order valence-electron chi connectivity index (χ1n) is 5.41. The lowest BCUT2D eigenvalue weighted by atomic mass is 9.99. The number of carboxylic acids is 1. The van der Waals surface area contributed by atoms with Crippen LogP contribution < -0.4 is 0 Å². The molecule has 0 aromatic carbocycles. The molecule has 4 heteroatoms. The summed E-state index contributed by atoms with van der Waals surface area (Å²) in [6.45, 7) is 4.47. The molecule has 3 atom stereocenters. The highest BCUT2D eigenvalue weighted by Gasteiger charge is 2.58. The van der Waals surface area contributed by atoms with Gasteiger partial charge in [-0.2, -0.15) is 5.10 Å². The fraction of sp³-hybridized carbons (Fsp3) is 0.636. The first-order valence-corrected chi connectivity index (χ1v) is 5.41. The van der Waals surface area contributed by atoms with Crippen molar-refractivity contribution in [2.45, 2.75) is 26.2 Å². The van der Waals surface area contributed by atoms with E-state index in [2.05, 4.69) is 24.0 Å². The van der Waals surface area contributed by atoms with Crippen molar-refractivity contribution in [1.82, 2.24) is 10.2 Å². The van der Waals surface area contributed by atoms with Crippen molar-refractivity contribution in [3.05, 3.63) is 17.0 Å². The maximum atomic E-state index is 10.9. The molecule has 4 nitrogen and oxygen atoms in total. The van der Waals surface area contributed by atoms with E-state index in [0.29, 0.717) is 17.8 Å². The maximum Gasteiger partial charge on any atom is 0.356 e. The topological polar surface area (TPSA) is 66.0 Å². The number of nitrogens with zero attached hydrogens (tertiary/aromatic N) is 1. The minimum atomic E-state index is -0.908. The molecule has 15 heavy (non-hydrogen) atoms. The molecule has 80 valence electrons. The van der Waals surface area contributed by atoms with E-state index in [0.717, 1.165) is 23.6 Å². The van der Waals surface area contributed by atoms with Gasteiger partial charge in [0, 0.05) is 17.2 Å². The zero-order chi connectivity index (χ0) is 10.7. The van der Waals surface area contributed by atoms with Crippen molar-refractivity contribution in [3.8, 4) is 0 Å². The van der Waals surface area contributed by atoms with E-state index >= 15 is 0 Å². The zero-order valence-electron chi connectivity index (χ0n) is 8.82. The molecule has 2 aliphatic carbocycles. The Bertz CT molecular complexity index is 436. The summed E-state index contributed by atoms with van der Waals surface area (Å²) in [4.78, 5) is 10.9. The number of aromatic carboxylic acids is 1. The van der Waals surface area contributed by atoms with Crippen LogP contribution in [0.25, 0.3) is 0 Å². The van der Waals surface area contributed by atoms with E-state index in [9.17, 15) is 4.79 Å². The second-order valence-corrected chi connectivity index (χ2v) is 4.98. The van der Waals surface area contributed by atoms with Gasteiger partial charge in [0.15, 0.2) is 5.69 Å². The van der Waals surface area contributed by atoms with Crippen LogP contribution in [0.3, 0.4) is 0 Å². The van der Waals surface area contributed by atoms with Gasteiger partial charge in [-0.25, -0.2) is 4.79 Å². The van der Waals surface area contributed by atoms with Gasteiger partial charge in [-0.15, -0.1) is 0 Å². The van der Waals surface area contributed by atoms with Crippen LogP contribution in [0.5, 0.6) is 0 Å². The van der Waals surface area contributed by atoms with Gasteiger partial charge in [-0.3, -0.25) is 5.10 Å². The smallest absolute Gasteiger partial charge is 0.356 e. The number of rotatable bonds is 2. The molecule has 1 aromatic rings. The second kappa shape index (κ2) is 2.62. The molecule has 1 saturated carbocycles. The minimum Gasteiger partial charge on any atom is -0.476 e. The monoisotopic (exact) mass is 206 g/mol. The van der Waals surface area contributed by atoms with E-state index in [4.69, 9.17) is 5.11 Å². The molecule has 1 fully saturated rings. The molecule has 2 N–H and O–H groups in total. The summed E-state index contributed by atoms with van der Waals surface area (Å²) in [7, 11) is 0. The number of fused-ring (bicyclic) bond motifs is 3. The van der Waals surface area contributed by atoms with Crippen molar-refractivity contribution >= 4 is 5.97 Å². The van der Waals surface area contributed by atoms with E-state index < -0.39 is 5.97 Å². The lowest BCUT2D eigenvalue weighted by Gasteiger charge is -2.06. The average Bonchev–Trinajstić information content (AvgIpc) is 2.52. The first-order chi connectivity index (χ1) is 7.11. The fourth-order valence-electron chi connectivity index (χ4n) is 3.25. The summed E-state index contributed by atoms with van der Waals surface area (Å²) in [5, 5.41) is 15.7. The predicted molar refractivity (Wildman–Crippen MR) is 53.8 cm³/mol. The predicted octanol–water partition coefficient (Wildman–Crippen LogP) is 1.65. The van der Waals surface area contributed by atoms with Crippen molar-refractivity contribution in [1.29, 1.82) is 0 Å². The third-order valence-corrected chi connectivity index (χ3v) is 3.87. The lowest BCUT2D eigenvalue weighted by Crippen LogP contribution is -2.04. The number of H-pyrrole nitrogens is 1. The Balaban J connectivity index is 1.95. The van der Waals surface area contributed by atoms with Gasteiger partial charge in [-0.1, -0.05) is 13.8 Å². The third-order valence-electron chi connectivity index (χ3n) is 3.87. The van der Waals surface area contributed by atoms with Crippen molar-refractivity contribution in [2.24, 2.45) is 17.8 Å². The quantitative estimate of drug-likeness (QED) is 0.773. The van der Waals surface area contributed by atoms with E-state index in [-0.39, 0.29) is 5.69 Å². The van der Waals surface area contributed by atoms with Crippen LogP contribution >= 0.6 is 0 Å². The summed E-state index contributed by atoms with van der Waals surface area (Å²) in [5.74, 6) is 1.74. The lowest BCUT2D eigenvalue weighted by molar-refractivity contribution is 0.0689. The fourth-order valence-corrected chi connectivity index (χ4v) is 3.25. The summed E-state index contributed by atoms with van der Waals surface area (Å²) < 4.78 is 0. The van der Waals surface area contributed by atoms with Crippen molar-refractivity contribution < 1.29 is 9.90 Å². The molecular weight excluding hydrogens is 192 g/mol. The Kier molecular flexibility index (Phi) is 1.56. The van der Waals surface area contributed by atoms with Crippen LogP contribution in [0.4, 0.5) is 0 Å². The highest BCUT2D eigenvalue weighted by molar-refractivity contribution is 5.87. The van der Waals surface area contributed by atoms with Crippen molar-refractivity contribution in [2.75, 3.05) is 0 Å². The van der Waals surface area contributed by atoms with Crippen LogP contribution in [0.2, 0.25) is 0 Å². The molecule has 0 aliphatic heterocycles. The Morgan fingerprint density at radius 1 is 1.60 bits per heavy atom. The van der Waals surface area contributed by atoms with E-state index in [1.165, 1.54) is 0 Å². The second-order valence-electron chi connectivity index (χ2n) is 4.98. The van der Waals surface area contributed by atoms with E-state index in [1.807, 2.05) is 0 Å². The molecule has 0 amide bonds. The number of hydrogen-bond donors (Lipinski definition) is 2. The minimum absolute atomic E-state index is 0.236. The molecule has 0 spiro atoms. The molecule has 2 aliphatic rings. The summed E-state index contributed by atoms with van der Waals surface area (Å²) in [5.41, 5.74) is 2.28. The van der Waals surface area contributed by atoms with Gasteiger partial charge in [0.25, 0.3) is 0 Å². The highest BCUT2D eigenvalue weighted by atomic mass is 16.4. The maximum absolute atomic E-state index is 10.9. The highest BCUT2D eigenvalue weighted by Crippen LogP contribution is 2.63. The van der Waals surface area contributed by atoms with Gasteiger partial charge in [0.2, 0.25) is 0 Å². The van der Waals surface area contributed by atoms with Crippen LogP contribution in [-0.2, 0) is 6.42 Å². The molecule has 1 aromatic heterocycles. The van der Waals surface area contributed by atoms with Crippen molar-refractivity contribution in [3.63, 3.8) is 0 Å². The largest absolute Gasteiger partial charge is 0.476 e. The summed E-state index contributed by atoms with van der Waals surface area (Å²) in [6.07, 6.45) is 0.904. The van der Waals surface area contributed by atoms with Gasteiger partial charge in [0.1, 0.15) is 0 Å². The average molecular weight is 206 g/mol. The van der Waals surface area contributed by atoms with Crippen LogP contribution in [0.15, 0.2) is 0 Å². The van der Waals surface area contributed by atoms with E-state index in [1.54, 1.807) is 0 Å². The van der Waals surface area contributed by atoms with Gasteiger partial charge in [-0.05, 0) is 24.2 Å².